The molecule has 0 saturated heterocycles. The fourth-order valence-electron chi connectivity index (χ4n) is 4.60. The Morgan fingerprint density at radius 1 is 0.885 bits per heavy atom. The van der Waals surface area contributed by atoms with E-state index in [4.69, 9.17) is 4.98 Å². The first-order valence-corrected chi connectivity index (χ1v) is 10.3. The van der Waals surface area contributed by atoms with Gasteiger partial charge in [-0.15, -0.1) is 0 Å². The normalized spacial score (nSPS) is 26.5. The predicted octanol–water partition coefficient (Wildman–Crippen LogP) is 5.69. The van der Waals surface area contributed by atoms with Crippen LogP contribution in [0.25, 0.3) is 0 Å². The van der Waals surface area contributed by atoms with Crippen LogP contribution in [0.4, 0.5) is 0 Å². The van der Waals surface area contributed by atoms with E-state index in [1.165, 1.54) is 0 Å². The second-order valence-corrected chi connectivity index (χ2v) is 9.33. The van der Waals surface area contributed by atoms with E-state index >= 15 is 0 Å². The molecular formula is C23H33NO2. The maximum absolute atomic E-state index is 13.0. The van der Waals surface area contributed by atoms with Gasteiger partial charge in [0.2, 0.25) is 0 Å². The van der Waals surface area contributed by atoms with Gasteiger partial charge in [0, 0.05) is 24.0 Å². The summed E-state index contributed by atoms with van der Waals surface area (Å²) >= 11 is 0. The van der Waals surface area contributed by atoms with Crippen LogP contribution in [0.3, 0.4) is 0 Å². The lowest BCUT2D eigenvalue weighted by Gasteiger charge is -2.37. The summed E-state index contributed by atoms with van der Waals surface area (Å²) in [4.78, 5) is 30.8. The van der Waals surface area contributed by atoms with Gasteiger partial charge >= 0.3 is 0 Å². The van der Waals surface area contributed by atoms with Gasteiger partial charge < -0.3 is 0 Å². The van der Waals surface area contributed by atoms with Gasteiger partial charge in [-0.2, -0.15) is 0 Å². The fourth-order valence-corrected chi connectivity index (χ4v) is 4.60. The van der Waals surface area contributed by atoms with E-state index in [1.54, 1.807) is 0 Å². The number of Topliss-reactive ketones (excluding diaryl/α,β-unsaturated/α-hetero) is 2. The Labute approximate surface area is 158 Å². The maximum atomic E-state index is 13.0. The second kappa shape index (κ2) is 6.58. The number of carbonyl (C=O) groups is 2. The summed E-state index contributed by atoms with van der Waals surface area (Å²) in [6.07, 6.45) is 6.08. The Balaban J connectivity index is 0.000000948. The predicted molar refractivity (Wildman–Crippen MR) is 105 cm³/mol. The average Bonchev–Trinajstić information content (AvgIpc) is 3.38. The van der Waals surface area contributed by atoms with Crippen LogP contribution < -0.4 is 0 Å². The van der Waals surface area contributed by atoms with E-state index in [0.29, 0.717) is 18.8 Å². The Morgan fingerprint density at radius 2 is 1.42 bits per heavy atom. The van der Waals surface area contributed by atoms with Crippen LogP contribution in [0.2, 0.25) is 0 Å². The van der Waals surface area contributed by atoms with Crippen molar-refractivity contribution in [2.45, 2.75) is 92.4 Å². The van der Waals surface area contributed by atoms with Crippen molar-refractivity contribution < 1.29 is 9.59 Å². The summed E-state index contributed by atoms with van der Waals surface area (Å²) in [5.41, 5.74) is 4.66. The number of pyridine rings is 1. The molecule has 0 spiro atoms. The quantitative estimate of drug-likeness (QED) is 0.685. The lowest BCUT2D eigenvalue weighted by atomic mass is 9.68. The van der Waals surface area contributed by atoms with Crippen LogP contribution in [0.5, 0.6) is 0 Å². The van der Waals surface area contributed by atoms with E-state index in [-0.39, 0.29) is 22.4 Å². The van der Waals surface area contributed by atoms with Gasteiger partial charge in [-0.05, 0) is 54.4 Å². The highest BCUT2D eigenvalue weighted by Crippen LogP contribution is 2.50. The number of hydrogen-bond acceptors (Lipinski definition) is 3. The molecule has 26 heavy (non-hydrogen) atoms. The number of hydrogen-bond donors (Lipinski definition) is 0. The van der Waals surface area contributed by atoms with Crippen molar-refractivity contribution in [1.29, 1.82) is 0 Å². The maximum Gasteiger partial charge on any atom is 0.165 e. The summed E-state index contributed by atoms with van der Waals surface area (Å²) in [5.74, 6) is 0.834. The van der Waals surface area contributed by atoms with Crippen LogP contribution in [0.1, 0.15) is 117 Å². The third-order valence-corrected chi connectivity index (χ3v) is 6.25. The molecule has 0 aromatic carbocycles. The molecular weight excluding hydrogens is 322 g/mol. The highest BCUT2D eigenvalue weighted by Gasteiger charge is 2.44. The second-order valence-electron chi connectivity index (χ2n) is 9.33. The molecule has 1 unspecified atom stereocenters. The highest BCUT2D eigenvalue weighted by molar-refractivity contribution is 6.06. The minimum Gasteiger partial charge on any atom is -0.294 e. The third kappa shape index (κ3) is 3.25. The zero-order valence-electron chi connectivity index (χ0n) is 17.3. The molecule has 3 aliphatic carbocycles. The number of rotatable bonds is 2. The Bertz CT molecular complexity index is 758. The first kappa shape index (κ1) is 19.3. The number of fused-ring (bicyclic) bond motifs is 2. The lowest BCUT2D eigenvalue weighted by Crippen LogP contribution is -2.35. The molecule has 1 aromatic heterocycles. The van der Waals surface area contributed by atoms with Gasteiger partial charge in [-0.1, -0.05) is 41.5 Å². The topological polar surface area (TPSA) is 47.0 Å². The molecule has 3 aliphatic rings. The Hall–Kier alpha value is -1.51. The molecule has 0 aliphatic heterocycles. The molecule has 1 atom stereocenters. The molecule has 1 fully saturated rings. The van der Waals surface area contributed by atoms with Crippen molar-refractivity contribution in [1.82, 2.24) is 4.98 Å². The van der Waals surface area contributed by atoms with Gasteiger partial charge in [-0.25, -0.2) is 0 Å². The van der Waals surface area contributed by atoms with E-state index in [0.717, 1.165) is 60.2 Å². The van der Waals surface area contributed by atoms with Crippen molar-refractivity contribution in [3.63, 3.8) is 0 Å². The van der Waals surface area contributed by atoms with Crippen LogP contribution >= 0.6 is 0 Å². The Morgan fingerprint density at radius 3 is 1.96 bits per heavy atom. The smallest absolute Gasteiger partial charge is 0.165 e. The van der Waals surface area contributed by atoms with Gasteiger partial charge in [-0.3, -0.25) is 14.6 Å². The average molecular weight is 356 g/mol. The first-order valence-electron chi connectivity index (χ1n) is 10.3. The zero-order valence-corrected chi connectivity index (χ0v) is 17.3. The van der Waals surface area contributed by atoms with Gasteiger partial charge in [0.15, 0.2) is 11.6 Å². The van der Waals surface area contributed by atoms with Crippen LogP contribution in [-0.2, 0) is 12.8 Å². The van der Waals surface area contributed by atoms with Crippen molar-refractivity contribution in [3.05, 3.63) is 28.1 Å². The van der Waals surface area contributed by atoms with Crippen molar-refractivity contribution >= 4 is 11.6 Å². The molecule has 1 heterocycles. The van der Waals surface area contributed by atoms with Crippen LogP contribution in [0.15, 0.2) is 0 Å². The summed E-state index contributed by atoms with van der Waals surface area (Å²) in [6.45, 7) is 12.6. The molecule has 0 amide bonds. The zero-order chi connectivity index (χ0) is 19.3. The molecule has 142 valence electrons. The molecule has 3 nitrogen and oxygen atoms in total. The monoisotopic (exact) mass is 355 g/mol. The van der Waals surface area contributed by atoms with Gasteiger partial charge in [0.05, 0.1) is 11.4 Å². The van der Waals surface area contributed by atoms with E-state index in [1.807, 2.05) is 13.8 Å². The van der Waals surface area contributed by atoms with E-state index < -0.39 is 0 Å². The molecule has 1 saturated carbocycles. The lowest BCUT2D eigenvalue weighted by molar-refractivity contribution is 0.0889. The highest BCUT2D eigenvalue weighted by atomic mass is 16.1. The van der Waals surface area contributed by atoms with Crippen LogP contribution in [-0.4, -0.2) is 16.6 Å². The van der Waals surface area contributed by atoms with Gasteiger partial charge in [0.1, 0.15) is 0 Å². The number of ketones is 2. The number of carbonyl (C=O) groups excluding carboxylic acids is 2. The number of aromatic nitrogens is 1. The molecule has 4 rings (SSSR count). The fraction of sp³-hybridized carbons (Fsp3) is 0.696. The molecule has 0 N–H and O–H groups in total. The van der Waals surface area contributed by atoms with Crippen LogP contribution in [0, 0.1) is 10.8 Å². The SMILES string of the molecule is CC.CCC1(C)CC(=O)c2c(nc3c(c2C2CC2)C(=O)CC(C)(C)C3)C1. The summed E-state index contributed by atoms with van der Waals surface area (Å²) < 4.78 is 0. The standard InChI is InChI=1S/C21H27NO2.C2H6/c1-5-21(4)9-14-19(16(24)11-21)17(12-6-7-12)18-13(22-14)8-20(2,3)10-15(18)23;1-2/h12H,5-11H2,1-4H3;1-2H3. The molecule has 0 bridgehead atoms. The summed E-state index contributed by atoms with van der Waals surface area (Å²) in [5, 5.41) is 0. The first-order chi connectivity index (χ1) is 12.2. The van der Waals surface area contributed by atoms with E-state index in [2.05, 4.69) is 27.7 Å². The van der Waals surface area contributed by atoms with E-state index in [9.17, 15) is 9.59 Å². The minimum atomic E-state index is -0.0289. The summed E-state index contributed by atoms with van der Waals surface area (Å²) in [6, 6.07) is 0. The van der Waals surface area contributed by atoms with Crippen molar-refractivity contribution in [2.75, 3.05) is 0 Å². The van der Waals surface area contributed by atoms with Crippen molar-refractivity contribution in [3.8, 4) is 0 Å². The van der Waals surface area contributed by atoms with Gasteiger partial charge in [0.25, 0.3) is 0 Å². The molecule has 3 heteroatoms. The Kier molecular flexibility index (Phi) is 4.87. The largest absolute Gasteiger partial charge is 0.294 e. The number of nitrogens with zero attached hydrogens (tertiary/aromatic N) is 1. The molecule has 1 aromatic rings. The third-order valence-electron chi connectivity index (χ3n) is 6.25. The molecule has 0 radical (unpaired) electrons. The minimum absolute atomic E-state index is 0.0142. The summed E-state index contributed by atoms with van der Waals surface area (Å²) in [7, 11) is 0. The van der Waals surface area contributed by atoms with Crippen molar-refractivity contribution in [2.24, 2.45) is 10.8 Å².